The third-order valence-corrected chi connectivity index (χ3v) is 3.61. The van der Waals surface area contributed by atoms with Crippen LogP contribution in [0.1, 0.15) is 5.56 Å². The maximum absolute atomic E-state index is 13.5. The first-order chi connectivity index (χ1) is 12.5. The molecule has 0 fully saturated rings. The summed E-state index contributed by atoms with van der Waals surface area (Å²) in [6.45, 7) is 0.180. The lowest BCUT2D eigenvalue weighted by Crippen LogP contribution is -2.38. The summed E-state index contributed by atoms with van der Waals surface area (Å²) in [7, 11) is 3.21. The van der Waals surface area contributed by atoms with Crippen LogP contribution in [-0.2, 0) is 16.1 Å². The Kier molecular flexibility index (Phi) is 7.11. The molecule has 0 radical (unpaired) electrons. The van der Waals surface area contributed by atoms with E-state index in [9.17, 15) is 14.0 Å². The lowest BCUT2D eigenvalue weighted by atomic mass is 10.2. The number of carbonyl (C=O) groups is 2. The van der Waals surface area contributed by atoms with Gasteiger partial charge >= 0.3 is 0 Å². The van der Waals surface area contributed by atoms with Crippen molar-refractivity contribution in [3.63, 3.8) is 0 Å². The van der Waals surface area contributed by atoms with Gasteiger partial charge in [-0.2, -0.15) is 0 Å². The number of likely N-dealkylation sites (N-methyl/N-ethyl adjacent to an activating group) is 1. The monoisotopic (exact) mass is 359 g/mol. The van der Waals surface area contributed by atoms with Crippen LogP contribution in [0.25, 0.3) is 0 Å². The number of methoxy groups -OCH3 is 1. The van der Waals surface area contributed by atoms with Gasteiger partial charge in [0.2, 0.25) is 11.8 Å². The molecule has 0 aliphatic rings. The van der Waals surface area contributed by atoms with E-state index in [-0.39, 0.29) is 37.3 Å². The number of amides is 2. The van der Waals surface area contributed by atoms with E-state index in [2.05, 4.69) is 10.6 Å². The van der Waals surface area contributed by atoms with Crippen LogP contribution >= 0.6 is 0 Å². The Morgan fingerprint density at radius 1 is 1.08 bits per heavy atom. The predicted molar refractivity (Wildman–Crippen MR) is 97.4 cm³/mol. The molecule has 0 aliphatic carbocycles. The summed E-state index contributed by atoms with van der Waals surface area (Å²) in [5.74, 6) is -0.255. The molecule has 26 heavy (non-hydrogen) atoms. The number of halogens is 1. The number of carbonyl (C=O) groups excluding carboxylic acids is 2. The number of hydrogen-bond acceptors (Lipinski definition) is 4. The van der Waals surface area contributed by atoms with E-state index in [1.54, 1.807) is 61.5 Å². The van der Waals surface area contributed by atoms with Crippen LogP contribution in [0.5, 0.6) is 5.75 Å². The number of nitrogens with zero attached hydrogens (tertiary/aromatic N) is 1. The molecule has 0 unspecified atom stereocenters. The summed E-state index contributed by atoms with van der Waals surface area (Å²) in [5, 5.41) is 5.38. The largest absolute Gasteiger partial charge is 0.497 e. The first-order valence-electron chi connectivity index (χ1n) is 8.10. The molecule has 0 heterocycles. The minimum absolute atomic E-state index is 0.0278. The van der Waals surface area contributed by atoms with E-state index in [1.165, 1.54) is 6.07 Å². The number of rotatable bonds is 8. The Hall–Kier alpha value is -2.93. The smallest absolute Gasteiger partial charge is 0.238 e. The van der Waals surface area contributed by atoms with Gasteiger partial charge in [0.05, 0.1) is 20.2 Å². The predicted octanol–water partition coefficient (Wildman–Crippen LogP) is 2.02. The molecular weight excluding hydrogens is 337 g/mol. The molecule has 0 saturated heterocycles. The number of benzene rings is 2. The normalized spacial score (nSPS) is 10.5. The van der Waals surface area contributed by atoms with Crippen molar-refractivity contribution in [2.45, 2.75) is 6.54 Å². The highest BCUT2D eigenvalue weighted by Crippen LogP contribution is 2.16. The van der Waals surface area contributed by atoms with Crippen LogP contribution in [0.2, 0.25) is 0 Å². The fourth-order valence-electron chi connectivity index (χ4n) is 2.34. The Bertz CT molecular complexity index is 767. The fraction of sp³-hybridized carbons (Fsp3) is 0.263. The average Bonchev–Trinajstić information content (AvgIpc) is 2.60. The minimum Gasteiger partial charge on any atom is -0.497 e. The van der Waals surface area contributed by atoms with Crippen molar-refractivity contribution in [2.24, 2.45) is 0 Å². The van der Waals surface area contributed by atoms with Gasteiger partial charge in [-0.25, -0.2) is 4.39 Å². The second-order valence-corrected chi connectivity index (χ2v) is 5.82. The van der Waals surface area contributed by atoms with Gasteiger partial charge in [-0.15, -0.1) is 0 Å². The highest BCUT2D eigenvalue weighted by atomic mass is 19.1. The van der Waals surface area contributed by atoms with E-state index >= 15 is 0 Å². The summed E-state index contributed by atoms with van der Waals surface area (Å²) < 4.78 is 18.6. The Morgan fingerprint density at radius 3 is 2.54 bits per heavy atom. The fourth-order valence-corrected chi connectivity index (χ4v) is 2.34. The molecule has 138 valence electrons. The Morgan fingerprint density at radius 2 is 1.81 bits per heavy atom. The summed E-state index contributed by atoms with van der Waals surface area (Å²) in [6.07, 6.45) is 0. The van der Waals surface area contributed by atoms with Crippen LogP contribution in [0.4, 0.5) is 10.1 Å². The topological polar surface area (TPSA) is 70.7 Å². The lowest BCUT2D eigenvalue weighted by molar-refractivity contribution is -0.123. The van der Waals surface area contributed by atoms with E-state index in [4.69, 9.17) is 4.74 Å². The highest BCUT2D eigenvalue weighted by Gasteiger charge is 2.12. The molecule has 2 amide bonds. The molecule has 0 atom stereocenters. The van der Waals surface area contributed by atoms with E-state index in [0.717, 1.165) is 0 Å². The van der Waals surface area contributed by atoms with Gasteiger partial charge in [0.15, 0.2) is 0 Å². The van der Waals surface area contributed by atoms with Crippen molar-refractivity contribution in [2.75, 3.05) is 32.6 Å². The minimum atomic E-state index is -0.362. The molecule has 2 aromatic carbocycles. The Balaban J connectivity index is 1.76. The molecule has 2 N–H and O–H groups in total. The van der Waals surface area contributed by atoms with Gasteiger partial charge in [0.1, 0.15) is 11.6 Å². The zero-order valence-corrected chi connectivity index (χ0v) is 14.8. The van der Waals surface area contributed by atoms with E-state index in [1.807, 2.05) is 0 Å². The maximum atomic E-state index is 13.5. The second-order valence-electron chi connectivity index (χ2n) is 5.82. The number of hydrogen-bond donors (Lipinski definition) is 2. The first kappa shape index (κ1) is 19.4. The third-order valence-electron chi connectivity index (χ3n) is 3.61. The lowest BCUT2D eigenvalue weighted by Gasteiger charge is -2.16. The molecule has 6 nitrogen and oxygen atoms in total. The highest BCUT2D eigenvalue weighted by molar-refractivity contribution is 5.92. The van der Waals surface area contributed by atoms with Crippen LogP contribution in [0.15, 0.2) is 48.5 Å². The van der Waals surface area contributed by atoms with Gasteiger partial charge in [0, 0.05) is 23.9 Å². The number of anilines is 1. The Labute approximate surface area is 152 Å². The van der Waals surface area contributed by atoms with Crippen LogP contribution in [0.3, 0.4) is 0 Å². The molecule has 7 heteroatoms. The van der Waals surface area contributed by atoms with Crippen molar-refractivity contribution in [1.82, 2.24) is 10.2 Å². The van der Waals surface area contributed by atoms with Gasteiger partial charge < -0.3 is 15.4 Å². The zero-order valence-electron chi connectivity index (χ0n) is 14.8. The van der Waals surface area contributed by atoms with E-state index in [0.29, 0.717) is 17.0 Å². The molecular formula is C19H22FN3O3. The van der Waals surface area contributed by atoms with Gasteiger partial charge in [0.25, 0.3) is 0 Å². The molecule has 0 aliphatic heterocycles. The van der Waals surface area contributed by atoms with Gasteiger partial charge in [-0.05, 0) is 25.2 Å². The summed E-state index contributed by atoms with van der Waals surface area (Å²) in [5.41, 5.74) is 1.03. The van der Waals surface area contributed by atoms with Crippen LogP contribution in [0, 0.1) is 5.82 Å². The van der Waals surface area contributed by atoms with Crippen molar-refractivity contribution < 1.29 is 18.7 Å². The van der Waals surface area contributed by atoms with Crippen LogP contribution < -0.4 is 15.4 Å². The van der Waals surface area contributed by atoms with Gasteiger partial charge in [-0.1, -0.05) is 24.3 Å². The number of nitrogens with one attached hydrogen (secondary N) is 2. The standard InChI is InChI=1S/C19H22FN3O3/c1-23(12-18(24)21-11-14-6-3-4-9-17(14)20)13-19(25)22-15-7-5-8-16(10-15)26-2/h3-10H,11-13H2,1-2H3,(H,21,24)(H,22,25). The van der Waals surface area contributed by atoms with E-state index < -0.39 is 0 Å². The average molecular weight is 359 g/mol. The molecule has 2 rings (SSSR count). The second kappa shape index (κ2) is 9.53. The molecule has 0 saturated carbocycles. The first-order valence-corrected chi connectivity index (χ1v) is 8.10. The summed E-state index contributed by atoms with van der Waals surface area (Å²) in [6, 6.07) is 13.3. The molecule has 0 aromatic heterocycles. The maximum Gasteiger partial charge on any atom is 0.238 e. The third kappa shape index (κ3) is 6.18. The van der Waals surface area contributed by atoms with Crippen molar-refractivity contribution in [1.29, 1.82) is 0 Å². The quantitative estimate of drug-likeness (QED) is 0.757. The SMILES string of the molecule is COc1cccc(NC(=O)CN(C)CC(=O)NCc2ccccc2F)c1. The summed E-state index contributed by atoms with van der Waals surface area (Å²) in [4.78, 5) is 25.6. The molecule has 0 spiro atoms. The number of ether oxygens (including phenoxy) is 1. The molecule has 2 aromatic rings. The van der Waals surface area contributed by atoms with Crippen LogP contribution in [-0.4, -0.2) is 44.0 Å². The zero-order chi connectivity index (χ0) is 18.9. The molecule has 0 bridgehead atoms. The van der Waals surface area contributed by atoms with Crippen molar-refractivity contribution >= 4 is 17.5 Å². The van der Waals surface area contributed by atoms with Crippen molar-refractivity contribution in [3.8, 4) is 5.75 Å². The van der Waals surface area contributed by atoms with Crippen molar-refractivity contribution in [3.05, 3.63) is 59.9 Å². The summed E-state index contributed by atoms with van der Waals surface area (Å²) >= 11 is 0. The van der Waals surface area contributed by atoms with Gasteiger partial charge in [-0.3, -0.25) is 14.5 Å².